The van der Waals surface area contributed by atoms with E-state index in [9.17, 15) is 0 Å². The highest BCUT2D eigenvalue weighted by Crippen LogP contribution is 2.32. The lowest BCUT2D eigenvalue weighted by Gasteiger charge is -2.35. The molecule has 0 radical (unpaired) electrons. The van der Waals surface area contributed by atoms with E-state index in [1.807, 2.05) is 18.3 Å². The van der Waals surface area contributed by atoms with Gasteiger partial charge in [-0.15, -0.1) is 0 Å². The van der Waals surface area contributed by atoms with Gasteiger partial charge in [-0.2, -0.15) is 0 Å². The number of rotatable bonds is 3. The average molecular weight is 206 g/mol. The van der Waals surface area contributed by atoms with Crippen molar-refractivity contribution in [1.29, 1.82) is 0 Å². The second-order valence-electron chi connectivity index (χ2n) is 4.31. The van der Waals surface area contributed by atoms with Crippen LogP contribution in [0.5, 0.6) is 0 Å². The third kappa shape index (κ3) is 2.55. The van der Waals surface area contributed by atoms with Gasteiger partial charge in [0.05, 0.1) is 0 Å². The van der Waals surface area contributed by atoms with Gasteiger partial charge in [-0.05, 0) is 43.4 Å². The molecular weight excluding hydrogens is 188 g/mol. The minimum Gasteiger partial charge on any atom is -0.381 e. The SMILES string of the molecule is NCC1(Cc2ccccn2)CCOCC1. The maximum Gasteiger partial charge on any atom is 0.0471 e. The molecule has 0 bridgehead atoms. The maximum absolute atomic E-state index is 5.90. The Kier molecular flexibility index (Phi) is 3.34. The number of nitrogens with zero attached hydrogens (tertiary/aromatic N) is 1. The largest absolute Gasteiger partial charge is 0.381 e. The van der Waals surface area contributed by atoms with Crippen molar-refractivity contribution in [2.75, 3.05) is 19.8 Å². The van der Waals surface area contributed by atoms with Crippen molar-refractivity contribution in [3.05, 3.63) is 30.1 Å². The van der Waals surface area contributed by atoms with Gasteiger partial charge in [0.15, 0.2) is 0 Å². The zero-order valence-electron chi connectivity index (χ0n) is 8.98. The average Bonchev–Trinajstić information content (AvgIpc) is 2.32. The molecule has 0 saturated carbocycles. The van der Waals surface area contributed by atoms with Crippen molar-refractivity contribution in [3.63, 3.8) is 0 Å². The molecule has 1 aliphatic rings. The van der Waals surface area contributed by atoms with Gasteiger partial charge < -0.3 is 10.5 Å². The molecule has 0 aliphatic carbocycles. The topological polar surface area (TPSA) is 48.1 Å². The first-order chi connectivity index (χ1) is 7.35. The van der Waals surface area contributed by atoms with Crippen LogP contribution in [-0.4, -0.2) is 24.7 Å². The normalized spacial score (nSPS) is 20.1. The van der Waals surface area contributed by atoms with Crippen molar-refractivity contribution >= 4 is 0 Å². The van der Waals surface area contributed by atoms with Crippen molar-refractivity contribution in [3.8, 4) is 0 Å². The summed E-state index contributed by atoms with van der Waals surface area (Å²) in [6.45, 7) is 2.40. The Labute approximate surface area is 90.7 Å². The maximum atomic E-state index is 5.90. The van der Waals surface area contributed by atoms with Crippen LogP contribution >= 0.6 is 0 Å². The number of aromatic nitrogens is 1. The molecule has 1 aromatic heterocycles. The summed E-state index contributed by atoms with van der Waals surface area (Å²) in [7, 11) is 0. The fourth-order valence-corrected chi connectivity index (χ4v) is 2.14. The summed E-state index contributed by atoms with van der Waals surface area (Å²) in [5, 5.41) is 0. The summed E-state index contributed by atoms with van der Waals surface area (Å²) in [4.78, 5) is 4.37. The van der Waals surface area contributed by atoms with E-state index in [1.165, 1.54) is 0 Å². The molecule has 0 atom stereocenters. The molecule has 1 aromatic rings. The molecule has 1 fully saturated rings. The fraction of sp³-hybridized carbons (Fsp3) is 0.583. The summed E-state index contributed by atoms with van der Waals surface area (Å²) in [5.41, 5.74) is 7.26. The van der Waals surface area contributed by atoms with Gasteiger partial charge in [0.25, 0.3) is 0 Å². The van der Waals surface area contributed by atoms with E-state index in [0.717, 1.165) is 44.7 Å². The summed E-state index contributed by atoms with van der Waals surface area (Å²) >= 11 is 0. The predicted octanol–water partition coefficient (Wildman–Crippen LogP) is 1.38. The van der Waals surface area contributed by atoms with E-state index in [4.69, 9.17) is 10.5 Å². The van der Waals surface area contributed by atoms with E-state index < -0.39 is 0 Å². The number of hydrogen-bond donors (Lipinski definition) is 1. The lowest BCUT2D eigenvalue weighted by molar-refractivity contribution is 0.0187. The van der Waals surface area contributed by atoms with E-state index in [0.29, 0.717) is 0 Å². The molecule has 2 N–H and O–H groups in total. The van der Waals surface area contributed by atoms with Crippen LogP contribution in [0.25, 0.3) is 0 Å². The van der Waals surface area contributed by atoms with Crippen LogP contribution < -0.4 is 5.73 Å². The summed E-state index contributed by atoms with van der Waals surface area (Å²) in [5.74, 6) is 0. The molecule has 2 rings (SSSR count). The quantitative estimate of drug-likeness (QED) is 0.812. The zero-order chi connectivity index (χ0) is 10.6. The van der Waals surface area contributed by atoms with Crippen LogP contribution in [0.3, 0.4) is 0 Å². The van der Waals surface area contributed by atoms with E-state index in [1.54, 1.807) is 0 Å². The molecule has 82 valence electrons. The van der Waals surface area contributed by atoms with Crippen LogP contribution in [0.4, 0.5) is 0 Å². The third-order valence-corrected chi connectivity index (χ3v) is 3.27. The molecule has 2 heterocycles. The smallest absolute Gasteiger partial charge is 0.0471 e. The first kappa shape index (κ1) is 10.6. The zero-order valence-corrected chi connectivity index (χ0v) is 8.98. The van der Waals surface area contributed by atoms with Crippen molar-refractivity contribution < 1.29 is 4.74 Å². The highest BCUT2D eigenvalue weighted by Gasteiger charge is 2.31. The number of ether oxygens (including phenoxy) is 1. The Morgan fingerprint density at radius 3 is 2.73 bits per heavy atom. The molecule has 3 nitrogen and oxygen atoms in total. The lowest BCUT2D eigenvalue weighted by atomic mass is 9.76. The lowest BCUT2D eigenvalue weighted by Crippen LogP contribution is -2.38. The van der Waals surface area contributed by atoms with E-state index >= 15 is 0 Å². The molecule has 1 saturated heterocycles. The first-order valence-corrected chi connectivity index (χ1v) is 5.52. The number of nitrogens with two attached hydrogens (primary N) is 1. The predicted molar refractivity (Wildman–Crippen MR) is 59.5 cm³/mol. The van der Waals surface area contributed by atoms with Gasteiger partial charge in [-0.1, -0.05) is 6.07 Å². The highest BCUT2D eigenvalue weighted by atomic mass is 16.5. The Hall–Kier alpha value is -0.930. The van der Waals surface area contributed by atoms with Gasteiger partial charge in [0, 0.05) is 25.1 Å². The minimum absolute atomic E-state index is 0.215. The number of pyridine rings is 1. The van der Waals surface area contributed by atoms with E-state index in [2.05, 4.69) is 11.1 Å². The highest BCUT2D eigenvalue weighted by molar-refractivity contribution is 5.07. The fourth-order valence-electron chi connectivity index (χ4n) is 2.14. The molecular formula is C12H18N2O. The van der Waals surface area contributed by atoms with Crippen LogP contribution in [0.2, 0.25) is 0 Å². The molecule has 0 amide bonds. The summed E-state index contributed by atoms with van der Waals surface area (Å²) in [6.07, 6.45) is 4.94. The van der Waals surface area contributed by atoms with Gasteiger partial charge in [0.2, 0.25) is 0 Å². The second kappa shape index (κ2) is 4.73. The van der Waals surface area contributed by atoms with Crippen LogP contribution in [0.1, 0.15) is 18.5 Å². The van der Waals surface area contributed by atoms with E-state index in [-0.39, 0.29) is 5.41 Å². The van der Waals surface area contributed by atoms with Gasteiger partial charge >= 0.3 is 0 Å². The Bertz CT molecular complexity index is 294. The van der Waals surface area contributed by atoms with Gasteiger partial charge in [-0.3, -0.25) is 4.98 Å². The molecule has 1 aliphatic heterocycles. The Balaban J connectivity index is 2.07. The minimum atomic E-state index is 0.215. The Morgan fingerprint density at radius 2 is 2.13 bits per heavy atom. The molecule has 15 heavy (non-hydrogen) atoms. The van der Waals surface area contributed by atoms with Crippen LogP contribution in [0, 0.1) is 5.41 Å². The summed E-state index contributed by atoms with van der Waals surface area (Å²) < 4.78 is 5.39. The first-order valence-electron chi connectivity index (χ1n) is 5.52. The number of hydrogen-bond acceptors (Lipinski definition) is 3. The molecule has 0 spiro atoms. The van der Waals surface area contributed by atoms with Crippen LogP contribution in [0.15, 0.2) is 24.4 Å². The van der Waals surface area contributed by atoms with Gasteiger partial charge in [-0.25, -0.2) is 0 Å². The third-order valence-electron chi connectivity index (χ3n) is 3.27. The standard InChI is InChI=1S/C12H18N2O/c13-10-12(4-7-15-8-5-12)9-11-3-1-2-6-14-11/h1-3,6H,4-5,7-10,13H2. The molecule has 0 aromatic carbocycles. The summed E-state index contributed by atoms with van der Waals surface area (Å²) in [6, 6.07) is 6.06. The second-order valence-corrected chi connectivity index (χ2v) is 4.31. The molecule has 0 unspecified atom stereocenters. The van der Waals surface area contributed by atoms with Crippen molar-refractivity contribution in [2.45, 2.75) is 19.3 Å². The van der Waals surface area contributed by atoms with Crippen molar-refractivity contribution in [1.82, 2.24) is 4.98 Å². The Morgan fingerprint density at radius 1 is 1.33 bits per heavy atom. The van der Waals surface area contributed by atoms with Crippen molar-refractivity contribution in [2.24, 2.45) is 11.1 Å². The van der Waals surface area contributed by atoms with Gasteiger partial charge in [0.1, 0.15) is 0 Å². The van der Waals surface area contributed by atoms with Crippen LogP contribution in [-0.2, 0) is 11.2 Å². The molecule has 3 heteroatoms. The monoisotopic (exact) mass is 206 g/mol.